The Morgan fingerprint density at radius 3 is 2.35 bits per heavy atom. The molecule has 1 aliphatic rings. The summed E-state index contributed by atoms with van der Waals surface area (Å²) in [5, 5.41) is 11.2. The Labute approximate surface area is 102 Å². The van der Waals surface area contributed by atoms with E-state index in [1.165, 1.54) is 25.7 Å². The lowest BCUT2D eigenvalue weighted by molar-refractivity contribution is -0.137. The molecule has 1 fully saturated rings. The van der Waals surface area contributed by atoms with Crippen LogP contribution in [0.15, 0.2) is 0 Å². The fourth-order valence-corrected chi connectivity index (χ4v) is 2.02. The molecule has 0 aromatic rings. The summed E-state index contributed by atoms with van der Waals surface area (Å²) in [5.41, 5.74) is 0. The highest BCUT2D eigenvalue weighted by atomic mass is 16.4. The first-order chi connectivity index (χ1) is 8.18. The van der Waals surface area contributed by atoms with Crippen molar-refractivity contribution in [1.82, 2.24) is 10.2 Å². The van der Waals surface area contributed by atoms with E-state index < -0.39 is 5.97 Å². The molecule has 1 heterocycles. The molecule has 0 spiro atoms. The number of amides is 1. The molecule has 0 atom stereocenters. The van der Waals surface area contributed by atoms with Gasteiger partial charge >= 0.3 is 5.97 Å². The van der Waals surface area contributed by atoms with E-state index in [1.54, 1.807) is 0 Å². The molecule has 1 aliphatic heterocycles. The smallest absolute Gasteiger partial charge is 0.303 e. The number of aliphatic carboxylic acids is 1. The number of carboxylic acids is 1. The summed E-state index contributed by atoms with van der Waals surface area (Å²) in [6.07, 6.45) is 5.48. The minimum Gasteiger partial charge on any atom is -0.481 e. The summed E-state index contributed by atoms with van der Waals surface area (Å²) < 4.78 is 0. The molecule has 0 unspecified atom stereocenters. The first-order valence-corrected chi connectivity index (χ1v) is 6.39. The molecule has 0 aliphatic carbocycles. The molecule has 2 N–H and O–H groups in total. The molecule has 0 aromatic carbocycles. The molecule has 1 amide bonds. The van der Waals surface area contributed by atoms with Crippen LogP contribution in [0.25, 0.3) is 0 Å². The van der Waals surface area contributed by atoms with Crippen LogP contribution < -0.4 is 5.32 Å². The first-order valence-electron chi connectivity index (χ1n) is 6.39. The van der Waals surface area contributed by atoms with Crippen molar-refractivity contribution in [2.24, 2.45) is 0 Å². The van der Waals surface area contributed by atoms with Crippen molar-refractivity contribution in [3.05, 3.63) is 0 Å². The highest BCUT2D eigenvalue weighted by Crippen LogP contribution is 2.08. The molecular weight excluding hydrogens is 220 g/mol. The van der Waals surface area contributed by atoms with Crippen molar-refractivity contribution >= 4 is 11.9 Å². The fourth-order valence-electron chi connectivity index (χ4n) is 2.02. The van der Waals surface area contributed by atoms with Crippen molar-refractivity contribution in [3.8, 4) is 0 Å². The average molecular weight is 242 g/mol. The van der Waals surface area contributed by atoms with Crippen LogP contribution in [0.4, 0.5) is 0 Å². The van der Waals surface area contributed by atoms with Gasteiger partial charge in [0, 0.05) is 13.0 Å². The van der Waals surface area contributed by atoms with Crippen LogP contribution in [0.3, 0.4) is 0 Å². The van der Waals surface area contributed by atoms with Crippen LogP contribution in [0.5, 0.6) is 0 Å². The quantitative estimate of drug-likeness (QED) is 0.677. The van der Waals surface area contributed by atoms with Crippen molar-refractivity contribution < 1.29 is 14.7 Å². The van der Waals surface area contributed by atoms with E-state index in [0.29, 0.717) is 19.5 Å². The maximum Gasteiger partial charge on any atom is 0.303 e. The Balaban J connectivity index is 2.08. The Kier molecular flexibility index (Phi) is 6.62. The summed E-state index contributed by atoms with van der Waals surface area (Å²) >= 11 is 0. The van der Waals surface area contributed by atoms with Gasteiger partial charge in [-0.2, -0.15) is 0 Å². The lowest BCUT2D eigenvalue weighted by Gasteiger charge is -2.18. The molecule has 1 saturated heterocycles. The fraction of sp³-hybridized carbons (Fsp3) is 0.833. The Hall–Kier alpha value is -1.10. The highest BCUT2D eigenvalue weighted by molar-refractivity contribution is 5.78. The molecule has 17 heavy (non-hydrogen) atoms. The molecular formula is C12H22N2O3. The number of likely N-dealkylation sites (tertiary alicyclic amines) is 1. The Morgan fingerprint density at radius 2 is 1.76 bits per heavy atom. The van der Waals surface area contributed by atoms with Crippen LogP contribution in [0, 0.1) is 0 Å². The standard InChI is InChI=1S/C12H22N2O3/c15-11(13-7-5-6-12(16)17)10-14-8-3-1-2-4-9-14/h1-10H2,(H,13,15)(H,16,17). The van der Waals surface area contributed by atoms with E-state index >= 15 is 0 Å². The zero-order valence-electron chi connectivity index (χ0n) is 10.3. The maximum atomic E-state index is 11.6. The van der Waals surface area contributed by atoms with Crippen molar-refractivity contribution in [2.45, 2.75) is 38.5 Å². The van der Waals surface area contributed by atoms with Crippen LogP contribution in [-0.2, 0) is 9.59 Å². The molecule has 98 valence electrons. The summed E-state index contributed by atoms with van der Waals surface area (Å²) in [6, 6.07) is 0. The number of carbonyl (C=O) groups excluding carboxylic acids is 1. The number of carboxylic acid groups (broad SMARTS) is 1. The summed E-state index contributed by atoms with van der Waals surface area (Å²) in [4.78, 5) is 24.0. The van der Waals surface area contributed by atoms with Gasteiger partial charge in [-0.15, -0.1) is 0 Å². The van der Waals surface area contributed by atoms with Gasteiger partial charge in [0.05, 0.1) is 6.54 Å². The van der Waals surface area contributed by atoms with Crippen LogP contribution in [0.1, 0.15) is 38.5 Å². The van der Waals surface area contributed by atoms with Crippen molar-refractivity contribution in [3.63, 3.8) is 0 Å². The third-order valence-corrected chi connectivity index (χ3v) is 2.96. The van der Waals surface area contributed by atoms with Crippen LogP contribution >= 0.6 is 0 Å². The lowest BCUT2D eigenvalue weighted by atomic mass is 10.2. The van der Waals surface area contributed by atoms with Crippen LogP contribution in [-0.4, -0.2) is 48.1 Å². The zero-order chi connectivity index (χ0) is 12.5. The molecule has 0 saturated carbocycles. The van der Waals surface area contributed by atoms with E-state index in [2.05, 4.69) is 10.2 Å². The molecule has 5 nitrogen and oxygen atoms in total. The molecule has 0 aromatic heterocycles. The zero-order valence-corrected chi connectivity index (χ0v) is 10.3. The number of carbonyl (C=O) groups is 2. The summed E-state index contributed by atoms with van der Waals surface area (Å²) in [5.74, 6) is -0.802. The lowest BCUT2D eigenvalue weighted by Crippen LogP contribution is -2.38. The van der Waals surface area contributed by atoms with Gasteiger partial charge in [0.25, 0.3) is 0 Å². The van der Waals surface area contributed by atoms with Gasteiger partial charge in [0.1, 0.15) is 0 Å². The van der Waals surface area contributed by atoms with Gasteiger partial charge in [0.2, 0.25) is 5.91 Å². The molecule has 5 heteroatoms. The molecule has 0 bridgehead atoms. The van der Waals surface area contributed by atoms with E-state index in [-0.39, 0.29) is 12.3 Å². The minimum atomic E-state index is -0.813. The largest absolute Gasteiger partial charge is 0.481 e. The Morgan fingerprint density at radius 1 is 1.12 bits per heavy atom. The number of hydrogen-bond donors (Lipinski definition) is 2. The number of nitrogens with one attached hydrogen (secondary N) is 1. The highest BCUT2D eigenvalue weighted by Gasteiger charge is 2.12. The monoisotopic (exact) mass is 242 g/mol. The van der Waals surface area contributed by atoms with Crippen molar-refractivity contribution in [2.75, 3.05) is 26.2 Å². The second kappa shape index (κ2) is 8.06. The second-order valence-corrected chi connectivity index (χ2v) is 4.54. The number of rotatable bonds is 6. The van der Waals surface area contributed by atoms with Gasteiger partial charge in [0.15, 0.2) is 0 Å². The van der Waals surface area contributed by atoms with Gasteiger partial charge < -0.3 is 10.4 Å². The third-order valence-electron chi connectivity index (χ3n) is 2.96. The van der Waals surface area contributed by atoms with E-state index in [0.717, 1.165) is 13.1 Å². The SMILES string of the molecule is O=C(O)CCCNC(=O)CN1CCCCCC1. The van der Waals surface area contributed by atoms with Crippen molar-refractivity contribution in [1.29, 1.82) is 0 Å². The first kappa shape index (κ1) is 14.0. The maximum absolute atomic E-state index is 11.6. The van der Waals surface area contributed by atoms with Gasteiger partial charge in [-0.05, 0) is 32.4 Å². The molecule has 1 rings (SSSR count). The van der Waals surface area contributed by atoms with Gasteiger partial charge in [-0.1, -0.05) is 12.8 Å². The predicted octanol–water partition coefficient (Wildman–Crippen LogP) is 0.843. The van der Waals surface area contributed by atoms with E-state index in [9.17, 15) is 9.59 Å². The average Bonchev–Trinajstić information content (AvgIpc) is 2.53. The van der Waals surface area contributed by atoms with Gasteiger partial charge in [-0.25, -0.2) is 0 Å². The Bertz CT molecular complexity index is 248. The van der Waals surface area contributed by atoms with Crippen LogP contribution in [0.2, 0.25) is 0 Å². The normalized spacial score (nSPS) is 17.4. The number of nitrogens with zero attached hydrogens (tertiary/aromatic N) is 1. The third kappa shape index (κ3) is 6.94. The second-order valence-electron chi connectivity index (χ2n) is 4.54. The molecule has 0 radical (unpaired) electrons. The minimum absolute atomic E-state index is 0.0114. The topological polar surface area (TPSA) is 69.6 Å². The van der Waals surface area contributed by atoms with E-state index in [4.69, 9.17) is 5.11 Å². The van der Waals surface area contributed by atoms with Gasteiger partial charge in [-0.3, -0.25) is 14.5 Å². The van der Waals surface area contributed by atoms with E-state index in [1.807, 2.05) is 0 Å². The number of hydrogen-bond acceptors (Lipinski definition) is 3. The summed E-state index contributed by atoms with van der Waals surface area (Å²) in [7, 11) is 0. The summed E-state index contributed by atoms with van der Waals surface area (Å²) in [6.45, 7) is 2.91. The predicted molar refractivity (Wildman–Crippen MR) is 64.8 cm³/mol.